The summed E-state index contributed by atoms with van der Waals surface area (Å²) >= 11 is 1.94. The van der Waals surface area contributed by atoms with E-state index in [4.69, 9.17) is 0 Å². The van der Waals surface area contributed by atoms with Crippen molar-refractivity contribution in [3.05, 3.63) is 84.9 Å². The molecule has 1 aromatic heterocycles. The van der Waals surface area contributed by atoms with Gasteiger partial charge < -0.3 is 0 Å². The molecule has 0 amide bonds. The summed E-state index contributed by atoms with van der Waals surface area (Å²) in [6.45, 7) is 0. The molecule has 7 aromatic carbocycles. The second kappa shape index (κ2) is 10.3. The van der Waals surface area contributed by atoms with Crippen LogP contribution >= 0.6 is 11.3 Å². The third kappa shape index (κ3) is 3.89. The fraction of sp³-hybridized carbons (Fsp3) is 0. The van der Waals surface area contributed by atoms with Gasteiger partial charge in [-0.1, -0.05) is 101 Å². The zero-order chi connectivity index (χ0) is 31.3. The standard InChI is InChI=1S/C36H30B8S/c37-28-24-22(18-11-5-8-15-7-1-2-9-16(15)18)25-27(31(40)35(44)33(42)29(25)38)23(26(24)30(39)34(43)32(28)41)20-13-6-12-19-17-10-3-4-14-21(17)45-36(19)20/h1-14H,37-44H2. The van der Waals surface area contributed by atoms with Crippen molar-refractivity contribution in [2.75, 3.05) is 0 Å². The molecule has 0 unspecified atom stereocenters. The Bertz CT molecular complexity index is 2500. The summed E-state index contributed by atoms with van der Waals surface area (Å²) in [6.07, 6.45) is 0. The molecule has 0 nitrogen and oxygen atoms in total. The van der Waals surface area contributed by atoms with Crippen LogP contribution in [-0.4, -0.2) is 62.8 Å². The minimum absolute atomic E-state index is 1.28. The van der Waals surface area contributed by atoms with Gasteiger partial charge in [-0.2, -0.15) is 0 Å². The van der Waals surface area contributed by atoms with Crippen molar-refractivity contribution in [1.82, 2.24) is 0 Å². The van der Waals surface area contributed by atoms with E-state index < -0.39 is 0 Å². The van der Waals surface area contributed by atoms with Crippen molar-refractivity contribution < 1.29 is 0 Å². The van der Waals surface area contributed by atoms with Crippen LogP contribution in [0.5, 0.6) is 0 Å². The monoisotopic (exact) mass is 582 g/mol. The smallest absolute Gasteiger partial charge is 0.135 e. The summed E-state index contributed by atoms with van der Waals surface area (Å²) < 4.78 is 2.73. The van der Waals surface area contributed by atoms with Crippen molar-refractivity contribution in [2.24, 2.45) is 0 Å². The van der Waals surface area contributed by atoms with Crippen LogP contribution in [0.2, 0.25) is 0 Å². The van der Waals surface area contributed by atoms with Gasteiger partial charge in [0.2, 0.25) is 0 Å². The number of benzene rings is 7. The van der Waals surface area contributed by atoms with Crippen LogP contribution in [0, 0.1) is 0 Å². The molecule has 0 bridgehead atoms. The van der Waals surface area contributed by atoms with E-state index in [1.54, 1.807) is 0 Å². The normalized spacial score (nSPS) is 11.8. The van der Waals surface area contributed by atoms with Crippen LogP contribution < -0.4 is 43.7 Å². The van der Waals surface area contributed by atoms with E-state index in [1.807, 2.05) is 11.3 Å². The third-order valence-electron chi connectivity index (χ3n) is 11.1. The van der Waals surface area contributed by atoms with E-state index in [-0.39, 0.29) is 0 Å². The highest BCUT2D eigenvalue weighted by atomic mass is 32.1. The maximum atomic E-state index is 2.39. The number of rotatable bonds is 2. The molecule has 8 aromatic rings. The average molecular weight is 581 g/mol. The van der Waals surface area contributed by atoms with E-state index >= 15 is 0 Å². The van der Waals surface area contributed by atoms with Crippen molar-refractivity contribution in [3.63, 3.8) is 0 Å². The second-order valence-corrected chi connectivity index (χ2v) is 14.1. The number of fused-ring (bicyclic) bond motifs is 6. The number of hydrogen-bond donors (Lipinski definition) is 0. The van der Waals surface area contributed by atoms with E-state index in [2.05, 4.69) is 148 Å². The van der Waals surface area contributed by atoms with Crippen LogP contribution in [-0.2, 0) is 0 Å². The van der Waals surface area contributed by atoms with E-state index in [0.29, 0.717) is 0 Å². The molecular weight excluding hydrogens is 551 g/mol. The van der Waals surface area contributed by atoms with Gasteiger partial charge in [0.05, 0.1) is 0 Å². The molecule has 0 fully saturated rings. The first-order chi connectivity index (χ1) is 21.7. The predicted molar refractivity (Wildman–Crippen MR) is 228 cm³/mol. The summed E-state index contributed by atoms with van der Waals surface area (Å²) in [4.78, 5) is 0. The highest BCUT2D eigenvalue weighted by Crippen LogP contribution is 2.46. The number of thiophene rings is 1. The molecule has 0 saturated carbocycles. The first-order valence-electron chi connectivity index (χ1n) is 16.1. The van der Waals surface area contributed by atoms with Gasteiger partial charge in [0.15, 0.2) is 0 Å². The molecule has 0 saturated heterocycles. The van der Waals surface area contributed by atoms with E-state index in [1.165, 1.54) is 118 Å². The highest BCUT2D eigenvalue weighted by Gasteiger charge is 2.26. The zero-order valence-corrected chi connectivity index (χ0v) is 28.3. The molecule has 0 aliphatic heterocycles. The fourth-order valence-electron chi connectivity index (χ4n) is 8.05. The Morgan fingerprint density at radius 2 is 0.778 bits per heavy atom. The predicted octanol–water partition coefficient (Wildman–Crippen LogP) is -3.08. The first-order valence-corrected chi connectivity index (χ1v) is 16.9. The van der Waals surface area contributed by atoms with Gasteiger partial charge >= 0.3 is 0 Å². The minimum atomic E-state index is 1.28. The lowest BCUT2D eigenvalue weighted by Gasteiger charge is -2.28. The molecule has 0 spiro atoms. The van der Waals surface area contributed by atoms with Crippen molar-refractivity contribution >= 4 is 170 Å². The molecule has 0 aliphatic rings. The van der Waals surface area contributed by atoms with Crippen LogP contribution in [0.25, 0.3) is 74.7 Å². The lowest BCUT2D eigenvalue weighted by molar-refractivity contribution is 1.73. The lowest BCUT2D eigenvalue weighted by Crippen LogP contribution is -2.50. The van der Waals surface area contributed by atoms with Crippen molar-refractivity contribution in [2.45, 2.75) is 0 Å². The van der Waals surface area contributed by atoms with E-state index in [9.17, 15) is 0 Å². The maximum Gasteiger partial charge on any atom is 0.139 e. The van der Waals surface area contributed by atoms with E-state index in [0.717, 1.165) is 0 Å². The summed E-state index contributed by atoms with van der Waals surface area (Å²) in [6, 6.07) is 31.6. The SMILES string of the molecule is Bc1c(B)c(B)c2c(-c3cccc4c3sc3ccccc34)c3c(B)c(B)c(B)c(B)c3c(-c3cccc4ccccc34)c2c1B. The molecule has 0 aliphatic carbocycles. The summed E-state index contributed by atoms with van der Waals surface area (Å²) in [5, 5.41) is 10.9. The Labute approximate surface area is 276 Å². The third-order valence-corrected chi connectivity index (χ3v) is 12.3. The van der Waals surface area contributed by atoms with Crippen LogP contribution in [0.4, 0.5) is 0 Å². The lowest BCUT2D eigenvalue weighted by atomic mass is 9.59. The average Bonchev–Trinajstić information content (AvgIpc) is 3.45. The Balaban J connectivity index is 1.74. The van der Waals surface area contributed by atoms with Crippen LogP contribution in [0.1, 0.15) is 0 Å². The molecule has 1 heterocycles. The highest BCUT2D eigenvalue weighted by molar-refractivity contribution is 7.26. The molecule has 45 heavy (non-hydrogen) atoms. The van der Waals surface area contributed by atoms with Crippen molar-refractivity contribution in [1.29, 1.82) is 0 Å². The number of hydrogen-bond acceptors (Lipinski definition) is 1. The zero-order valence-electron chi connectivity index (χ0n) is 27.5. The van der Waals surface area contributed by atoms with Gasteiger partial charge in [-0.25, -0.2) is 0 Å². The molecular formula is C36H30B8S. The molecule has 8 rings (SSSR count). The van der Waals surface area contributed by atoms with Gasteiger partial charge in [-0.05, 0) is 55.1 Å². The molecule has 0 N–H and O–H groups in total. The van der Waals surface area contributed by atoms with Gasteiger partial charge in [-0.15, -0.1) is 33.2 Å². The first kappa shape index (κ1) is 28.5. The molecule has 9 heteroatoms. The quantitative estimate of drug-likeness (QED) is 0.150. The Morgan fingerprint density at radius 1 is 0.356 bits per heavy atom. The minimum Gasteiger partial charge on any atom is -0.135 e. The fourth-order valence-corrected chi connectivity index (χ4v) is 9.27. The van der Waals surface area contributed by atoms with Gasteiger partial charge in [0.25, 0.3) is 0 Å². The molecule has 204 valence electrons. The summed E-state index contributed by atoms with van der Waals surface area (Å²) in [5.74, 6) is 0. The summed E-state index contributed by atoms with van der Waals surface area (Å²) in [7, 11) is 18.7. The maximum absolute atomic E-state index is 2.39. The van der Waals surface area contributed by atoms with Crippen LogP contribution in [0.15, 0.2) is 84.9 Å². The van der Waals surface area contributed by atoms with Gasteiger partial charge in [0, 0.05) is 25.7 Å². The largest absolute Gasteiger partial charge is 0.139 e. The van der Waals surface area contributed by atoms with Gasteiger partial charge in [0.1, 0.15) is 62.8 Å². The molecule has 0 radical (unpaired) electrons. The summed E-state index contributed by atoms with van der Waals surface area (Å²) in [5.41, 5.74) is 16.6. The van der Waals surface area contributed by atoms with Gasteiger partial charge in [-0.3, -0.25) is 0 Å². The Hall–Kier alpha value is -3.94. The Morgan fingerprint density at radius 3 is 1.38 bits per heavy atom. The second-order valence-electron chi connectivity index (χ2n) is 13.1. The topological polar surface area (TPSA) is 0 Å². The van der Waals surface area contributed by atoms with Crippen LogP contribution in [0.3, 0.4) is 0 Å². The van der Waals surface area contributed by atoms with Crippen molar-refractivity contribution in [3.8, 4) is 22.3 Å². The molecule has 0 atom stereocenters. The Kier molecular flexibility index (Phi) is 6.52.